The van der Waals surface area contributed by atoms with E-state index in [2.05, 4.69) is 36.5 Å². The van der Waals surface area contributed by atoms with Crippen LogP contribution < -0.4 is 5.32 Å². The first-order valence-electron chi connectivity index (χ1n) is 6.88. The summed E-state index contributed by atoms with van der Waals surface area (Å²) in [5.74, 6) is 0.678. The van der Waals surface area contributed by atoms with Gasteiger partial charge in [0.2, 0.25) is 0 Å². The average molecular weight is 283 g/mol. The molecule has 1 unspecified atom stereocenters. The summed E-state index contributed by atoms with van der Waals surface area (Å²) in [5.41, 5.74) is 1.27. The van der Waals surface area contributed by atoms with Crippen molar-refractivity contribution < 1.29 is 9.84 Å². The highest BCUT2D eigenvalue weighted by molar-refractivity contribution is 7.99. The van der Waals surface area contributed by atoms with Crippen molar-refractivity contribution in [2.24, 2.45) is 0 Å². The molecule has 0 saturated heterocycles. The fraction of sp³-hybridized carbons (Fsp3) is 0.600. The Morgan fingerprint density at radius 3 is 2.68 bits per heavy atom. The zero-order valence-electron chi connectivity index (χ0n) is 11.9. The first-order valence-corrected chi connectivity index (χ1v) is 7.87. The molecule has 0 aromatic heterocycles. The highest BCUT2D eigenvalue weighted by Crippen LogP contribution is 2.19. The second-order valence-corrected chi connectivity index (χ2v) is 5.66. The minimum absolute atomic E-state index is 0.390. The Hall–Kier alpha value is -0.550. The van der Waals surface area contributed by atoms with E-state index < -0.39 is 0 Å². The molecule has 2 N–H and O–H groups in total. The zero-order chi connectivity index (χ0) is 13.9. The smallest absolute Gasteiger partial charge is 0.0867 e. The Bertz CT molecular complexity index is 329. The summed E-state index contributed by atoms with van der Waals surface area (Å²) in [5, 5.41) is 12.9. The van der Waals surface area contributed by atoms with Crippen LogP contribution in [-0.2, 0) is 11.3 Å². The molecule has 1 aromatic carbocycles. The van der Waals surface area contributed by atoms with Crippen molar-refractivity contribution in [3.63, 3.8) is 0 Å². The van der Waals surface area contributed by atoms with Crippen molar-refractivity contribution in [3.05, 3.63) is 29.8 Å². The summed E-state index contributed by atoms with van der Waals surface area (Å²) in [6, 6.07) is 8.43. The van der Waals surface area contributed by atoms with Gasteiger partial charge < -0.3 is 15.2 Å². The highest BCUT2D eigenvalue weighted by Gasteiger charge is 2.05. The first-order chi connectivity index (χ1) is 9.26. The van der Waals surface area contributed by atoms with Gasteiger partial charge in [-0.05, 0) is 31.2 Å². The summed E-state index contributed by atoms with van der Waals surface area (Å²) in [4.78, 5) is 1.19. The van der Waals surface area contributed by atoms with E-state index in [4.69, 9.17) is 4.74 Å². The largest absolute Gasteiger partial charge is 0.390 e. The fourth-order valence-corrected chi connectivity index (χ4v) is 2.42. The maximum atomic E-state index is 9.79. The van der Waals surface area contributed by atoms with Crippen LogP contribution in [0.5, 0.6) is 0 Å². The number of benzene rings is 1. The van der Waals surface area contributed by atoms with Gasteiger partial charge in [-0.15, -0.1) is 11.8 Å². The number of unbranched alkanes of at least 4 members (excludes halogenated alkanes) is 1. The topological polar surface area (TPSA) is 41.5 Å². The minimum atomic E-state index is -0.390. The number of nitrogens with one attached hydrogen (secondary N) is 1. The molecule has 3 nitrogen and oxygen atoms in total. The van der Waals surface area contributed by atoms with E-state index >= 15 is 0 Å². The molecule has 0 amide bonds. The Morgan fingerprint density at radius 2 is 2.05 bits per heavy atom. The molecule has 0 aliphatic rings. The van der Waals surface area contributed by atoms with Crippen LogP contribution in [0.25, 0.3) is 0 Å². The van der Waals surface area contributed by atoms with Gasteiger partial charge in [-0.25, -0.2) is 0 Å². The van der Waals surface area contributed by atoms with Crippen molar-refractivity contribution in [1.82, 2.24) is 5.32 Å². The molecule has 0 aliphatic carbocycles. The molecule has 0 aliphatic heterocycles. The number of aliphatic hydroxyl groups is 1. The molecule has 1 aromatic rings. The fourth-order valence-electron chi connectivity index (χ4n) is 1.61. The van der Waals surface area contributed by atoms with E-state index in [1.165, 1.54) is 10.5 Å². The molecule has 0 saturated carbocycles. The molecule has 19 heavy (non-hydrogen) atoms. The summed E-state index contributed by atoms with van der Waals surface area (Å²) in [6.07, 6.45) is 1.80. The Labute approximate surface area is 120 Å². The predicted octanol–water partition coefficient (Wildman–Crippen LogP) is 2.68. The van der Waals surface area contributed by atoms with Crippen LogP contribution in [0.1, 0.15) is 25.3 Å². The second kappa shape index (κ2) is 10.3. The molecule has 0 bridgehead atoms. The van der Waals surface area contributed by atoms with Gasteiger partial charge in [0.15, 0.2) is 0 Å². The van der Waals surface area contributed by atoms with Gasteiger partial charge in [-0.2, -0.15) is 0 Å². The quantitative estimate of drug-likeness (QED) is 0.512. The van der Waals surface area contributed by atoms with Gasteiger partial charge in [-0.3, -0.25) is 0 Å². The molecule has 4 heteroatoms. The Morgan fingerprint density at radius 1 is 1.32 bits per heavy atom. The lowest BCUT2D eigenvalue weighted by atomic mass is 10.2. The first kappa shape index (κ1) is 16.5. The van der Waals surface area contributed by atoms with E-state index in [0.29, 0.717) is 12.4 Å². The number of thioether (sulfide) groups is 1. The van der Waals surface area contributed by atoms with Crippen molar-refractivity contribution >= 4 is 11.8 Å². The standard InChI is InChI=1S/C15H25NO2S/c1-3-4-9-18-11-14(17)12-19-15-7-5-13(6-8-15)10-16-2/h5-8,14,16-17H,3-4,9-12H2,1-2H3. The number of ether oxygens (including phenoxy) is 1. The van der Waals surface area contributed by atoms with Crippen molar-refractivity contribution in [2.75, 3.05) is 26.0 Å². The van der Waals surface area contributed by atoms with Crippen molar-refractivity contribution in [1.29, 1.82) is 0 Å². The van der Waals surface area contributed by atoms with E-state index in [1.54, 1.807) is 11.8 Å². The molecule has 1 rings (SSSR count). The third kappa shape index (κ3) is 7.57. The Balaban J connectivity index is 2.20. The van der Waals surface area contributed by atoms with Crippen LogP contribution >= 0.6 is 11.8 Å². The van der Waals surface area contributed by atoms with Crippen LogP contribution in [0.2, 0.25) is 0 Å². The molecule has 0 fully saturated rings. The highest BCUT2D eigenvalue weighted by atomic mass is 32.2. The molecular formula is C15H25NO2S. The molecule has 1 atom stereocenters. The second-order valence-electron chi connectivity index (χ2n) is 4.57. The zero-order valence-corrected chi connectivity index (χ0v) is 12.7. The molecule has 0 spiro atoms. The molecule has 0 heterocycles. The SMILES string of the molecule is CCCCOCC(O)CSc1ccc(CNC)cc1. The van der Waals surface area contributed by atoms with Gasteiger partial charge >= 0.3 is 0 Å². The molecular weight excluding hydrogens is 258 g/mol. The van der Waals surface area contributed by atoms with Gasteiger partial charge in [-0.1, -0.05) is 25.5 Å². The normalized spacial score (nSPS) is 12.6. The predicted molar refractivity (Wildman–Crippen MR) is 81.7 cm³/mol. The van der Waals surface area contributed by atoms with Crippen LogP contribution in [0, 0.1) is 0 Å². The monoisotopic (exact) mass is 283 g/mol. The van der Waals surface area contributed by atoms with E-state index in [-0.39, 0.29) is 6.10 Å². The van der Waals surface area contributed by atoms with Crippen LogP contribution in [0.4, 0.5) is 0 Å². The summed E-state index contributed by atoms with van der Waals surface area (Å²) in [6.45, 7) is 4.20. The maximum Gasteiger partial charge on any atom is 0.0867 e. The van der Waals surface area contributed by atoms with Gasteiger partial charge in [0.25, 0.3) is 0 Å². The van der Waals surface area contributed by atoms with Crippen molar-refractivity contribution in [3.8, 4) is 0 Å². The third-order valence-electron chi connectivity index (χ3n) is 2.70. The lowest BCUT2D eigenvalue weighted by Crippen LogP contribution is -2.18. The Kier molecular flexibility index (Phi) is 8.91. The van der Waals surface area contributed by atoms with Crippen LogP contribution in [-0.4, -0.2) is 37.2 Å². The van der Waals surface area contributed by atoms with Crippen LogP contribution in [0.3, 0.4) is 0 Å². The number of hydrogen-bond donors (Lipinski definition) is 2. The summed E-state index contributed by atoms with van der Waals surface area (Å²) < 4.78 is 5.40. The average Bonchev–Trinajstić information content (AvgIpc) is 2.43. The third-order valence-corrected chi connectivity index (χ3v) is 3.86. The van der Waals surface area contributed by atoms with Crippen LogP contribution in [0.15, 0.2) is 29.2 Å². The maximum absolute atomic E-state index is 9.79. The summed E-state index contributed by atoms with van der Waals surface area (Å²) in [7, 11) is 1.94. The number of hydrogen-bond acceptors (Lipinski definition) is 4. The van der Waals surface area contributed by atoms with Gasteiger partial charge in [0, 0.05) is 23.8 Å². The lowest BCUT2D eigenvalue weighted by molar-refractivity contribution is 0.0473. The van der Waals surface area contributed by atoms with Crippen molar-refractivity contribution in [2.45, 2.75) is 37.3 Å². The number of rotatable bonds is 10. The molecule has 0 radical (unpaired) electrons. The lowest BCUT2D eigenvalue weighted by Gasteiger charge is -2.11. The van der Waals surface area contributed by atoms with E-state index in [9.17, 15) is 5.11 Å². The van der Waals surface area contributed by atoms with E-state index in [1.807, 2.05) is 7.05 Å². The van der Waals surface area contributed by atoms with E-state index in [0.717, 1.165) is 26.0 Å². The molecule has 108 valence electrons. The number of aliphatic hydroxyl groups excluding tert-OH is 1. The minimum Gasteiger partial charge on any atom is -0.390 e. The summed E-state index contributed by atoms with van der Waals surface area (Å²) >= 11 is 1.67. The van der Waals surface area contributed by atoms with Gasteiger partial charge in [0.05, 0.1) is 12.7 Å². The van der Waals surface area contributed by atoms with Gasteiger partial charge in [0.1, 0.15) is 0 Å².